The molecule has 1 fully saturated rings. The molecule has 1 atom stereocenters. The summed E-state index contributed by atoms with van der Waals surface area (Å²) in [6.07, 6.45) is 4.01. The average molecular weight is 191 g/mol. The predicted molar refractivity (Wildman–Crippen MR) is 57.0 cm³/mol. The first-order valence-electron chi connectivity index (χ1n) is 5.27. The lowest BCUT2D eigenvalue weighted by molar-refractivity contribution is 0.268. The van der Waals surface area contributed by atoms with Gasteiger partial charge in [-0.05, 0) is 29.9 Å². The van der Waals surface area contributed by atoms with Crippen LogP contribution in [-0.2, 0) is 0 Å². The monoisotopic (exact) mass is 191 g/mol. The van der Waals surface area contributed by atoms with Gasteiger partial charge in [0.25, 0.3) is 0 Å². The summed E-state index contributed by atoms with van der Waals surface area (Å²) in [7, 11) is 0. The zero-order chi connectivity index (χ0) is 9.97. The van der Waals surface area contributed by atoms with Crippen molar-refractivity contribution in [2.45, 2.75) is 31.2 Å². The Morgan fingerprint density at radius 2 is 1.93 bits per heavy atom. The smallest absolute Gasteiger partial charge is 0.0624 e. The van der Waals surface area contributed by atoms with E-state index in [1.54, 1.807) is 0 Å². The van der Waals surface area contributed by atoms with Crippen molar-refractivity contribution in [1.82, 2.24) is 0 Å². The van der Waals surface area contributed by atoms with E-state index in [0.29, 0.717) is 0 Å². The van der Waals surface area contributed by atoms with Gasteiger partial charge < -0.3 is 10.8 Å². The Labute approximate surface area is 84.7 Å². The number of aliphatic hydroxyl groups is 1. The van der Waals surface area contributed by atoms with Crippen molar-refractivity contribution in [2.24, 2.45) is 5.73 Å². The molecular weight excluding hydrogens is 174 g/mol. The first-order valence-corrected chi connectivity index (χ1v) is 5.27. The van der Waals surface area contributed by atoms with Crippen LogP contribution < -0.4 is 5.73 Å². The van der Waals surface area contributed by atoms with Gasteiger partial charge in [0.2, 0.25) is 0 Å². The van der Waals surface area contributed by atoms with Gasteiger partial charge in [-0.1, -0.05) is 30.7 Å². The molecule has 1 aliphatic rings. The summed E-state index contributed by atoms with van der Waals surface area (Å²) in [6.45, 7) is 0.0166. The number of hydrogen-bond donors (Lipinski definition) is 2. The first-order chi connectivity index (χ1) is 6.81. The second-order valence-corrected chi connectivity index (χ2v) is 4.08. The second kappa shape index (κ2) is 4.11. The Morgan fingerprint density at radius 3 is 2.36 bits per heavy atom. The van der Waals surface area contributed by atoms with Crippen LogP contribution in [0.3, 0.4) is 0 Å². The van der Waals surface area contributed by atoms with E-state index in [1.165, 1.54) is 24.8 Å². The van der Waals surface area contributed by atoms with E-state index in [2.05, 4.69) is 12.1 Å². The fourth-order valence-electron chi connectivity index (χ4n) is 1.86. The number of nitrogens with two attached hydrogens (primary N) is 1. The highest BCUT2D eigenvalue weighted by Crippen LogP contribution is 2.36. The van der Waals surface area contributed by atoms with E-state index in [1.807, 2.05) is 12.1 Å². The zero-order valence-electron chi connectivity index (χ0n) is 8.32. The maximum Gasteiger partial charge on any atom is 0.0624 e. The van der Waals surface area contributed by atoms with E-state index in [0.717, 1.165) is 11.5 Å². The van der Waals surface area contributed by atoms with Gasteiger partial charge in [0, 0.05) is 0 Å². The molecule has 3 N–H and O–H groups in total. The van der Waals surface area contributed by atoms with Gasteiger partial charge in [-0.15, -0.1) is 0 Å². The summed E-state index contributed by atoms with van der Waals surface area (Å²) in [6, 6.07) is 8.14. The Kier molecular flexibility index (Phi) is 2.85. The van der Waals surface area contributed by atoms with E-state index in [4.69, 9.17) is 10.8 Å². The lowest BCUT2D eigenvalue weighted by Gasteiger charge is -2.26. The van der Waals surface area contributed by atoms with Crippen molar-refractivity contribution in [3.8, 4) is 0 Å². The van der Waals surface area contributed by atoms with Crippen molar-refractivity contribution in [2.75, 3.05) is 6.61 Å². The van der Waals surface area contributed by atoms with Crippen LogP contribution in [0.5, 0.6) is 0 Å². The fraction of sp³-hybridized carbons (Fsp3) is 0.500. The van der Waals surface area contributed by atoms with Crippen molar-refractivity contribution >= 4 is 0 Å². The molecule has 1 aromatic rings. The predicted octanol–water partition coefficient (Wildman–Crippen LogP) is 1.95. The highest BCUT2D eigenvalue weighted by Gasteiger charge is 2.19. The summed E-state index contributed by atoms with van der Waals surface area (Å²) in [5.74, 6) is 0.773. The molecule has 0 spiro atoms. The molecule has 0 radical (unpaired) electrons. The molecule has 2 nitrogen and oxygen atoms in total. The third kappa shape index (κ3) is 1.81. The van der Waals surface area contributed by atoms with Crippen molar-refractivity contribution in [1.29, 1.82) is 0 Å². The van der Waals surface area contributed by atoms with Crippen LogP contribution in [0, 0.1) is 0 Å². The van der Waals surface area contributed by atoms with Gasteiger partial charge in [-0.2, -0.15) is 0 Å². The maximum absolute atomic E-state index is 8.90. The molecule has 0 aliphatic heterocycles. The van der Waals surface area contributed by atoms with E-state index >= 15 is 0 Å². The molecule has 0 amide bonds. The molecule has 1 unspecified atom stereocenters. The van der Waals surface area contributed by atoms with E-state index < -0.39 is 0 Å². The normalized spacial score (nSPS) is 19.0. The van der Waals surface area contributed by atoms with Gasteiger partial charge in [0.05, 0.1) is 12.6 Å². The second-order valence-electron chi connectivity index (χ2n) is 4.08. The van der Waals surface area contributed by atoms with Crippen molar-refractivity contribution in [3.63, 3.8) is 0 Å². The minimum atomic E-state index is -0.231. The summed E-state index contributed by atoms with van der Waals surface area (Å²) in [5, 5.41) is 8.90. The van der Waals surface area contributed by atoms with E-state index in [-0.39, 0.29) is 12.6 Å². The minimum absolute atomic E-state index is 0.0166. The molecule has 1 aliphatic carbocycles. The van der Waals surface area contributed by atoms with Gasteiger partial charge >= 0.3 is 0 Å². The fourth-order valence-corrected chi connectivity index (χ4v) is 1.86. The van der Waals surface area contributed by atoms with Crippen molar-refractivity contribution < 1.29 is 5.11 Å². The molecule has 0 heterocycles. The molecule has 76 valence electrons. The Morgan fingerprint density at radius 1 is 1.29 bits per heavy atom. The molecule has 0 bridgehead atoms. The summed E-state index contributed by atoms with van der Waals surface area (Å²) in [4.78, 5) is 0. The molecule has 0 saturated heterocycles. The lowest BCUT2D eigenvalue weighted by Crippen LogP contribution is -2.15. The molecule has 14 heavy (non-hydrogen) atoms. The standard InChI is InChI=1S/C12H17NO/c13-12(8-14)11-6-4-10(5-7-11)9-2-1-3-9/h4-7,9,12,14H,1-3,8,13H2. The lowest BCUT2D eigenvalue weighted by atomic mass is 9.80. The highest BCUT2D eigenvalue weighted by molar-refractivity contribution is 5.28. The van der Waals surface area contributed by atoms with E-state index in [9.17, 15) is 0 Å². The van der Waals surface area contributed by atoms with Crippen LogP contribution in [0.1, 0.15) is 42.3 Å². The van der Waals surface area contributed by atoms with Crippen LogP contribution in [0.15, 0.2) is 24.3 Å². The number of rotatable bonds is 3. The van der Waals surface area contributed by atoms with Gasteiger partial charge in [0.1, 0.15) is 0 Å². The third-order valence-electron chi connectivity index (χ3n) is 3.14. The zero-order valence-corrected chi connectivity index (χ0v) is 8.32. The highest BCUT2D eigenvalue weighted by atomic mass is 16.3. The SMILES string of the molecule is NC(CO)c1ccc(C2CCC2)cc1. The maximum atomic E-state index is 8.90. The Hall–Kier alpha value is -0.860. The molecule has 1 saturated carbocycles. The number of aliphatic hydroxyl groups excluding tert-OH is 1. The van der Waals surface area contributed by atoms with Gasteiger partial charge in [-0.25, -0.2) is 0 Å². The quantitative estimate of drug-likeness (QED) is 0.767. The van der Waals surface area contributed by atoms with Crippen LogP contribution in [-0.4, -0.2) is 11.7 Å². The van der Waals surface area contributed by atoms with Crippen LogP contribution in [0.4, 0.5) is 0 Å². The minimum Gasteiger partial charge on any atom is -0.394 e. The van der Waals surface area contributed by atoms with Crippen LogP contribution in [0.2, 0.25) is 0 Å². The topological polar surface area (TPSA) is 46.2 Å². The van der Waals surface area contributed by atoms with Crippen molar-refractivity contribution in [3.05, 3.63) is 35.4 Å². The van der Waals surface area contributed by atoms with Crippen LogP contribution in [0.25, 0.3) is 0 Å². The van der Waals surface area contributed by atoms with Gasteiger partial charge in [-0.3, -0.25) is 0 Å². The average Bonchev–Trinajstić information content (AvgIpc) is 2.15. The molecule has 2 heteroatoms. The number of benzene rings is 1. The molecular formula is C12H17NO. The summed E-state index contributed by atoms with van der Waals surface area (Å²) < 4.78 is 0. The summed E-state index contributed by atoms with van der Waals surface area (Å²) in [5.41, 5.74) is 8.16. The Bertz CT molecular complexity index is 266. The largest absolute Gasteiger partial charge is 0.394 e. The third-order valence-corrected chi connectivity index (χ3v) is 3.14. The number of hydrogen-bond acceptors (Lipinski definition) is 2. The molecule has 1 aromatic carbocycles. The van der Waals surface area contributed by atoms with Gasteiger partial charge in [0.15, 0.2) is 0 Å². The Balaban J connectivity index is 2.09. The van der Waals surface area contributed by atoms with Crippen LogP contribution >= 0.6 is 0 Å². The first kappa shape index (κ1) is 9.69. The molecule has 0 aromatic heterocycles. The summed E-state index contributed by atoms with van der Waals surface area (Å²) >= 11 is 0. The molecule has 2 rings (SSSR count).